The second-order valence-corrected chi connectivity index (χ2v) is 6.76. The van der Waals surface area contributed by atoms with Gasteiger partial charge in [-0.2, -0.15) is 0 Å². The molecule has 0 saturated carbocycles. The average Bonchev–Trinajstić information content (AvgIpc) is 2.73. The molecule has 2 aromatic carbocycles. The zero-order chi connectivity index (χ0) is 21.9. The first-order valence-electron chi connectivity index (χ1n) is 9.06. The molecule has 0 heterocycles. The third kappa shape index (κ3) is 7.69. The molecule has 0 bridgehead atoms. The zero-order valence-corrected chi connectivity index (χ0v) is 17.7. The Hall–Kier alpha value is -3.17. The third-order valence-corrected chi connectivity index (χ3v) is 4.23. The molecule has 0 aliphatic carbocycles. The summed E-state index contributed by atoms with van der Waals surface area (Å²) in [5, 5.41) is 5.39. The van der Waals surface area contributed by atoms with Crippen LogP contribution in [-0.4, -0.2) is 29.4 Å². The number of amides is 3. The number of benzene rings is 2. The molecule has 8 nitrogen and oxygen atoms in total. The number of thiocarbonyl (C=S) groups is 1. The molecular formula is C20H21ClN4O4S. The van der Waals surface area contributed by atoms with E-state index in [1.807, 2.05) is 6.92 Å². The van der Waals surface area contributed by atoms with E-state index >= 15 is 0 Å². The molecule has 0 aliphatic heterocycles. The van der Waals surface area contributed by atoms with Crippen molar-refractivity contribution in [3.63, 3.8) is 0 Å². The van der Waals surface area contributed by atoms with Gasteiger partial charge in [-0.25, -0.2) is 0 Å². The van der Waals surface area contributed by atoms with Crippen LogP contribution in [0.15, 0.2) is 48.5 Å². The number of nitrogens with one attached hydrogen (secondary N) is 4. The number of anilines is 1. The molecule has 0 radical (unpaired) electrons. The lowest BCUT2D eigenvalue weighted by atomic mass is 10.2. The molecule has 0 atom stereocenters. The van der Waals surface area contributed by atoms with E-state index in [2.05, 4.69) is 21.5 Å². The second kappa shape index (κ2) is 11.7. The smallest absolute Gasteiger partial charge is 0.257 e. The fourth-order valence-electron chi connectivity index (χ4n) is 2.27. The molecule has 3 amide bonds. The largest absolute Gasteiger partial charge is 0.494 e. The maximum absolute atomic E-state index is 12.1. The van der Waals surface area contributed by atoms with Crippen molar-refractivity contribution in [3.8, 4) is 5.75 Å². The van der Waals surface area contributed by atoms with Crippen molar-refractivity contribution in [1.29, 1.82) is 0 Å². The van der Waals surface area contributed by atoms with Gasteiger partial charge in [0.2, 0.25) is 11.8 Å². The van der Waals surface area contributed by atoms with E-state index in [9.17, 15) is 14.4 Å². The van der Waals surface area contributed by atoms with Crippen molar-refractivity contribution in [2.24, 2.45) is 0 Å². The maximum Gasteiger partial charge on any atom is 0.257 e. The lowest BCUT2D eigenvalue weighted by molar-refractivity contribution is -0.124. The number of halogens is 1. The number of ether oxygens (including phenoxy) is 1. The van der Waals surface area contributed by atoms with Crippen molar-refractivity contribution in [3.05, 3.63) is 59.1 Å². The van der Waals surface area contributed by atoms with Crippen molar-refractivity contribution in [2.45, 2.75) is 19.8 Å². The van der Waals surface area contributed by atoms with Gasteiger partial charge in [0, 0.05) is 18.4 Å². The van der Waals surface area contributed by atoms with Crippen LogP contribution in [0.4, 0.5) is 5.69 Å². The predicted molar refractivity (Wildman–Crippen MR) is 118 cm³/mol. The van der Waals surface area contributed by atoms with E-state index in [0.717, 1.165) is 0 Å². The Bertz CT molecular complexity index is 921. The highest BCUT2D eigenvalue weighted by Crippen LogP contribution is 2.20. The number of para-hydroxylation sites is 1. The quantitative estimate of drug-likeness (QED) is 0.383. The van der Waals surface area contributed by atoms with E-state index in [-0.39, 0.29) is 23.9 Å². The van der Waals surface area contributed by atoms with Crippen LogP contribution in [0.2, 0.25) is 5.02 Å². The number of hydrazine groups is 1. The summed E-state index contributed by atoms with van der Waals surface area (Å²) in [6.45, 7) is 2.39. The summed E-state index contributed by atoms with van der Waals surface area (Å²) in [6, 6.07) is 13.3. The van der Waals surface area contributed by atoms with Gasteiger partial charge >= 0.3 is 0 Å². The molecule has 2 rings (SSSR count). The van der Waals surface area contributed by atoms with E-state index in [4.69, 9.17) is 28.6 Å². The predicted octanol–water partition coefficient (Wildman–Crippen LogP) is 2.79. The average molecular weight is 449 g/mol. The molecule has 2 aromatic rings. The minimum absolute atomic E-state index is 0.0516. The van der Waals surface area contributed by atoms with Crippen LogP contribution in [0.5, 0.6) is 5.75 Å². The molecule has 0 aromatic heterocycles. The summed E-state index contributed by atoms with van der Waals surface area (Å²) >= 11 is 10.9. The Morgan fingerprint density at radius 1 is 0.967 bits per heavy atom. The Morgan fingerprint density at radius 3 is 2.30 bits per heavy atom. The maximum atomic E-state index is 12.1. The molecule has 0 spiro atoms. The fourth-order valence-corrected chi connectivity index (χ4v) is 2.59. The summed E-state index contributed by atoms with van der Waals surface area (Å²) in [7, 11) is 0. The Morgan fingerprint density at radius 2 is 1.63 bits per heavy atom. The van der Waals surface area contributed by atoms with Crippen LogP contribution in [0, 0.1) is 0 Å². The lowest BCUT2D eigenvalue weighted by Crippen LogP contribution is -2.48. The van der Waals surface area contributed by atoms with Gasteiger partial charge in [-0.05, 0) is 55.5 Å². The number of carbonyl (C=O) groups is 3. The highest BCUT2D eigenvalue weighted by Gasteiger charge is 2.11. The van der Waals surface area contributed by atoms with Crippen LogP contribution >= 0.6 is 23.8 Å². The van der Waals surface area contributed by atoms with Crippen molar-refractivity contribution in [1.82, 2.24) is 16.2 Å². The van der Waals surface area contributed by atoms with Crippen molar-refractivity contribution >= 4 is 52.3 Å². The van der Waals surface area contributed by atoms with Gasteiger partial charge in [0.05, 0.1) is 17.3 Å². The molecule has 0 fully saturated rings. The van der Waals surface area contributed by atoms with Crippen LogP contribution in [-0.2, 0) is 9.59 Å². The molecule has 0 unspecified atom stereocenters. The van der Waals surface area contributed by atoms with Crippen molar-refractivity contribution < 1.29 is 19.1 Å². The minimum atomic E-state index is -0.470. The first-order chi connectivity index (χ1) is 14.4. The van der Waals surface area contributed by atoms with Gasteiger partial charge in [0.1, 0.15) is 5.75 Å². The van der Waals surface area contributed by atoms with E-state index in [1.54, 1.807) is 48.5 Å². The Kier molecular flexibility index (Phi) is 9.04. The second-order valence-electron chi connectivity index (χ2n) is 5.94. The number of carbonyl (C=O) groups excluding carboxylic acids is 3. The summed E-state index contributed by atoms with van der Waals surface area (Å²) in [6.07, 6.45) is -0.136. The number of hydrogen-bond acceptors (Lipinski definition) is 5. The summed E-state index contributed by atoms with van der Waals surface area (Å²) in [5.74, 6) is -0.615. The molecule has 158 valence electrons. The normalized spacial score (nSPS) is 9.93. The topological polar surface area (TPSA) is 109 Å². The van der Waals surface area contributed by atoms with E-state index in [1.165, 1.54) is 0 Å². The van der Waals surface area contributed by atoms with Gasteiger partial charge in [-0.1, -0.05) is 23.7 Å². The van der Waals surface area contributed by atoms with E-state index in [0.29, 0.717) is 28.6 Å². The first-order valence-corrected chi connectivity index (χ1v) is 9.85. The third-order valence-electron chi connectivity index (χ3n) is 3.70. The monoisotopic (exact) mass is 448 g/mol. The Labute approximate surface area is 184 Å². The molecule has 0 aliphatic rings. The van der Waals surface area contributed by atoms with Crippen LogP contribution in [0.3, 0.4) is 0 Å². The van der Waals surface area contributed by atoms with Crippen LogP contribution in [0.1, 0.15) is 30.1 Å². The number of rotatable bonds is 7. The summed E-state index contributed by atoms with van der Waals surface area (Å²) in [4.78, 5) is 35.9. The molecule has 10 heteroatoms. The summed E-state index contributed by atoms with van der Waals surface area (Å²) in [5.41, 5.74) is 5.60. The Balaban J connectivity index is 1.69. The van der Waals surface area contributed by atoms with Crippen molar-refractivity contribution in [2.75, 3.05) is 11.9 Å². The van der Waals surface area contributed by atoms with Gasteiger partial charge in [-0.3, -0.25) is 30.6 Å². The highest BCUT2D eigenvalue weighted by atomic mass is 35.5. The molecule has 4 N–H and O–H groups in total. The zero-order valence-electron chi connectivity index (χ0n) is 16.2. The van der Waals surface area contributed by atoms with Crippen LogP contribution < -0.4 is 26.2 Å². The fraction of sp³-hybridized carbons (Fsp3) is 0.200. The van der Waals surface area contributed by atoms with Gasteiger partial charge in [-0.15, -0.1) is 0 Å². The van der Waals surface area contributed by atoms with Gasteiger partial charge in [0.15, 0.2) is 5.11 Å². The summed E-state index contributed by atoms with van der Waals surface area (Å²) < 4.78 is 5.31. The lowest BCUT2D eigenvalue weighted by Gasteiger charge is -2.11. The van der Waals surface area contributed by atoms with Gasteiger partial charge in [0.25, 0.3) is 5.91 Å². The first kappa shape index (κ1) is 23.1. The number of hydrogen-bond donors (Lipinski definition) is 4. The standard InChI is InChI=1S/C20H21ClN4O4S/c1-2-29-14-9-7-13(8-10-14)19(28)23-20(30)25-24-18(27)12-11-17(26)22-16-6-4-3-5-15(16)21/h3-10H,2,11-12H2,1H3,(H,22,26)(H,24,27)(H2,23,25,28,30). The highest BCUT2D eigenvalue weighted by molar-refractivity contribution is 7.80. The van der Waals surface area contributed by atoms with E-state index < -0.39 is 11.8 Å². The van der Waals surface area contributed by atoms with Gasteiger partial charge < -0.3 is 10.1 Å². The minimum Gasteiger partial charge on any atom is -0.494 e. The molecular weight excluding hydrogens is 428 g/mol. The SMILES string of the molecule is CCOc1ccc(C(=O)NC(=S)NNC(=O)CCC(=O)Nc2ccccc2Cl)cc1. The molecule has 0 saturated heterocycles. The van der Waals surface area contributed by atoms with Crippen LogP contribution in [0.25, 0.3) is 0 Å². The molecule has 30 heavy (non-hydrogen) atoms.